The smallest absolute Gasteiger partial charge is 0.237 e. The maximum absolute atomic E-state index is 12.1. The predicted octanol–water partition coefficient (Wildman–Crippen LogP) is 0.0913. The summed E-state index contributed by atoms with van der Waals surface area (Å²) in [6.45, 7) is 4.76. The third kappa shape index (κ3) is 3.13. The largest absolute Gasteiger partial charge is 0.388 e. The van der Waals surface area contributed by atoms with Crippen molar-refractivity contribution in [1.29, 1.82) is 0 Å². The van der Waals surface area contributed by atoms with Gasteiger partial charge in [-0.05, 0) is 12.8 Å². The summed E-state index contributed by atoms with van der Waals surface area (Å²) in [4.78, 5) is 19.3. The summed E-state index contributed by atoms with van der Waals surface area (Å²) in [6, 6.07) is -0.270. The zero-order valence-electron chi connectivity index (χ0n) is 11.5. The molecule has 1 aliphatic rings. The molecule has 0 bridgehead atoms. The minimum absolute atomic E-state index is 0.0750. The Hall–Kier alpha value is -1.40. The molecule has 0 radical (unpaired) electrons. The lowest BCUT2D eigenvalue weighted by Gasteiger charge is -2.28. The van der Waals surface area contributed by atoms with Crippen LogP contribution in [0.15, 0.2) is 6.33 Å². The van der Waals surface area contributed by atoms with E-state index in [0.717, 1.165) is 11.4 Å². The molecule has 0 saturated carbocycles. The first-order valence-electron chi connectivity index (χ1n) is 6.82. The molecule has 1 amide bonds. The first-order chi connectivity index (χ1) is 9.08. The molecule has 19 heavy (non-hydrogen) atoms. The number of carbonyl (C=O) groups excluding carboxylic acids is 1. The van der Waals surface area contributed by atoms with Crippen LogP contribution in [0, 0.1) is 0 Å². The second-order valence-electron chi connectivity index (χ2n) is 5.11. The predicted molar refractivity (Wildman–Crippen MR) is 71.5 cm³/mol. The number of H-pyrrole nitrogens is 1. The van der Waals surface area contributed by atoms with Crippen molar-refractivity contribution in [3.05, 3.63) is 17.7 Å². The number of fused-ring (bicyclic) bond motifs is 1. The second-order valence-corrected chi connectivity index (χ2v) is 5.11. The summed E-state index contributed by atoms with van der Waals surface area (Å²) in [5.41, 5.74) is 1.18. The molecule has 0 saturated heterocycles. The quantitative estimate of drug-likeness (QED) is 0.608. The molecule has 6 heteroatoms. The average Bonchev–Trinajstić information content (AvgIpc) is 2.91. The summed E-state index contributed by atoms with van der Waals surface area (Å²) in [6.07, 6.45) is 3.50. The number of aliphatic hydroxyl groups is 1. The van der Waals surface area contributed by atoms with Gasteiger partial charge >= 0.3 is 0 Å². The zero-order valence-corrected chi connectivity index (χ0v) is 11.5. The first kappa shape index (κ1) is 14.0. The van der Waals surface area contributed by atoms with Crippen LogP contribution in [0.5, 0.6) is 0 Å². The van der Waals surface area contributed by atoms with E-state index in [4.69, 9.17) is 0 Å². The molecule has 0 aliphatic carbocycles. The van der Waals surface area contributed by atoms with Crippen molar-refractivity contribution in [3.63, 3.8) is 0 Å². The lowest BCUT2D eigenvalue weighted by atomic mass is 9.97. The lowest BCUT2D eigenvalue weighted by Crippen LogP contribution is -2.51. The third-order valence-electron chi connectivity index (χ3n) is 3.95. The molecule has 1 aromatic heterocycles. The highest BCUT2D eigenvalue weighted by Gasteiger charge is 2.28. The van der Waals surface area contributed by atoms with E-state index in [2.05, 4.69) is 20.6 Å². The van der Waals surface area contributed by atoms with Crippen LogP contribution in [0.1, 0.15) is 38.1 Å². The fourth-order valence-electron chi connectivity index (χ4n) is 2.23. The summed E-state index contributed by atoms with van der Waals surface area (Å²) < 4.78 is 0. The zero-order chi connectivity index (χ0) is 13.9. The minimum atomic E-state index is -0.804. The number of carbonyl (C=O) groups is 1. The van der Waals surface area contributed by atoms with E-state index >= 15 is 0 Å². The maximum Gasteiger partial charge on any atom is 0.237 e. The van der Waals surface area contributed by atoms with Crippen molar-refractivity contribution < 1.29 is 9.90 Å². The highest BCUT2D eigenvalue weighted by Crippen LogP contribution is 2.14. The van der Waals surface area contributed by atoms with Crippen molar-refractivity contribution in [2.24, 2.45) is 0 Å². The molecule has 6 nitrogen and oxygen atoms in total. The van der Waals surface area contributed by atoms with Gasteiger partial charge in [0.25, 0.3) is 0 Å². The third-order valence-corrected chi connectivity index (χ3v) is 3.95. The van der Waals surface area contributed by atoms with Gasteiger partial charge in [-0.2, -0.15) is 0 Å². The van der Waals surface area contributed by atoms with Gasteiger partial charge in [0.2, 0.25) is 5.91 Å². The first-order valence-corrected chi connectivity index (χ1v) is 6.82. The number of hydrogen-bond acceptors (Lipinski definition) is 4. The molecular weight excluding hydrogens is 244 g/mol. The maximum atomic E-state index is 12.1. The van der Waals surface area contributed by atoms with E-state index in [9.17, 15) is 9.90 Å². The Morgan fingerprint density at radius 1 is 1.58 bits per heavy atom. The fraction of sp³-hybridized carbons (Fsp3) is 0.692. The Labute approximate surface area is 113 Å². The normalized spacial score (nSPS) is 19.0. The molecule has 2 rings (SSSR count). The SMILES string of the molecule is CCC(O)(CC)CNC(=O)C1Cc2nc[nH]c2CN1. The van der Waals surface area contributed by atoms with Gasteiger partial charge in [-0.15, -0.1) is 0 Å². The average molecular weight is 266 g/mol. The van der Waals surface area contributed by atoms with Gasteiger partial charge in [-0.3, -0.25) is 10.1 Å². The lowest BCUT2D eigenvalue weighted by molar-refractivity contribution is -0.124. The summed E-state index contributed by atoms with van der Waals surface area (Å²) in [7, 11) is 0. The Kier molecular flexibility index (Phi) is 4.21. The number of hydrogen-bond donors (Lipinski definition) is 4. The molecule has 2 heterocycles. The molecule has 4 N–H and O–H groups in total. The Bertz CT molecular complexity index is 440. The van der Waals surface area contributed by atoms with Crippen LogP contribution in [-0.2, 0) is 17.8 Å². The fourth-order valence-corrected chi connectivity index (χ4v) is 2.23. The molecule has 0 spiro atoms. The molecule has 106 valence electrons. The van der Waals surface area contributed by atoms with E-state index in [1.807, 2.05) is 13.8 Å². The summed E-state index contributed by atoms with van der Waals surface area (Å²) in [5.74, 6) is -0.0750. The molecule has 0 fully saturated rings. The Balaban J connectivity index is 1.88. The van der Waals surface area contributed by atoms with Crippen LogP contribution in [0.4, 0.5) is 0 Å². The number of rotatable bonds is 5. The van der Waals surface area contributed by atoms with Crippen LogP contribution in [0.2, 0.25) is 0 Å². The van der Waals surface area contributed by atoms with Gasteiger partial charge in [0.1, 0.15) is 0 Å². The highest BCUT2D eigenvalue weighted by molar-refractivity contribution is 5.82. The van der Waals surface area contributed by atoms with E-state index in [1.54, 1.807) is 6.33 Å². The number of imidazole rings is 1. The summed E-state index contributed by atoms with van der Waals surface area (Å²) in [5, 5.41) is 16.1. The van der Waals surface area contributed by atoms with Crippen LogP contribution >= 0.6 is 0 Å². The second kappa shape index (κ2) is 5.71. The Morgan fingerprint density at radius 2 is 2.32 bits per heavy atom. The topological polar surface area (TPSA) is 90.0 Å². The van der Waals surface area contributed by atoms with Crippen LogP contribution < -0.4 is 10.6 Å². The highest BCUT2D eigenvalue weighted by atomic mass is 16.3. The van der Waals surface area contributed by atoms with E-state index in [-0.39, 0.29) is 11.9 Å². The van der Waals surface area contributed by atoms with Gasteiger partial charge in [0.05, 0.1) is 29.4 Å². The van der Waals surface area contributed by atoms with Crippen molar-refractivity contribution in [1.82, 2.24) is 20.6 Å². The van der Waals surface area contributed by atoms with Gasteiger partial charge < -0.3 is 15.4 Å². The molecular formula is C13H22N4O2. The van der Waals surface area contributed by atoms with Gasteiger partial charge in [-0.1, -0.05) is 13.8 Å². The van der Waals surface area contributed by atoms with E-state index in [1.165, 1.54) is 0 Å². The van der Waals surface area contributed by atoms with Crippen LogP contribution in [0.25, 0.3) is 0 Å². The van der Waals surface area contributed by atoms with Crippen LogP contribution in [0.3, 0.4) is 0 Å². The molecule has 1 unspecified atom stereocenters. The monoisotopic (exact) mass is 266 g/mol. The van der Waals surface area contributed by atoms with Gasteiger partial charge in [0, 0.05) is 19.5 Å². The molecule has 0 aromatic carbocycles. The van der Waals surface area contributed by atoms with Crippen molar-refractivity contribution in [2.45, 2.75) is 51.3 Å². The summed E-state index contributed by atoms with van der Waals surface area (Å²) >= 11 is 0. The number of aromatic amines is 1. The number of aromatic nitrogens is 2. The number of nitrogens with one attached hydrogen (secondary N) is 3. The van der Waals surface area contributed by atoms with Crippen LogP contribution in [-0.4, -0.2) is 39.2 Å². The van der Waals surface area contributed by atoms with Crippen molar-refractivity contribution >= 4 is 5.91 Å². The number of nitrogens with zero attached hydrogens (tertiary/aromatic N) is 1. The van der Waals surface area contributed by atoms with Gasteiger partial charge in [-0.25, -0.2) is 4.98 Å². The van der Waals surface area contributed by atoms with E-state index < -0.39 is 5.60 Å². The van der Waals surface area contributed by atoms with Gasteiger partial charge in [0.15, 0.2) is 0 Å². The molecule has 1 aliphatic heterocycles. The standard InChI is InChI=1S/C13H22N4O2/c1-3-13(19,4-2)7-15-12(18)10-5-9-11(6-14-10)17-8-16-9/h8,10,14,19H,3-7H2,1-2H3,(H,15,18)(H,16,17). The Morgan fingerprint density at radius 3 is 3.00 bits per heavy atom. The number of amides is 1. The molecule has 1 aromatic rings. The van der Waals surface area contributed by atoms with Crippen molar-refractivity contribution in [2.75, 3.05) is 6.54 Å². The minimum Gasteiger partial charge on any atom is -0.388 e. The van der Waals surface area contributed by atoms with E-state index in [0.29, 0.717) is 32.4 Å². The molecule has 1 atom stereocenters. The van der Waals surface area contributed by atoms with Crippen molar-refractivity contribution in [3.8, 4) is 0 Å².